The van der Waals surface area contributed by atoms with E-state index in [1.54, 1.807) is 0 Å². The van der Waals surface area contributed by atoms with E-state index < -0.39 is 0 Å². The lowest BCUT2D eigenvalue weighted by molar-refractivity contribution is 0.0906. The highest BCUT2D eigenvalue weighted by molar-refractivity contribution is 5.61. The number of nitrogens with zero attached hydrogens (tertiary/aromatic N) is 1. The lowest BCUT2D eigenvalue weighted by Crippen LogP contribution is -2.46. The number of fused-ring (bicyclic) bond motifs is 2. The van der Waals surface area contributed by atoms with Crippen LogP contribution >= 0.6 is 0 Å². The molecule has 3 heteroatoms. The molecule has 2 unspecified atom stereocenters. The third kappa shape index (κ3) is 1.47. The molecule has 86 valence electrons. The summed E-state index contributed by atoms with van der Waals surface area (Å²) in [6.45, 7) is 3.89. The molecule has 0 radical (unpaired) electrons. The molecule has 2 atom stereocenters. The molecule has 2 aliphatic heterocycles. The quantitative estimate of drug-likeness (QED) is 0.732. The number of hydrogen-bond acceptors (Lipinski definition) is 3. The van der Waals surface area contributed by atoms with Crippen molar-refractivity contribution in [1.82, 2.24) is 0 Å². The largest absolute Gasteiger partial charge is 0.399 e. The van der Waals surface area contributed by atoms with Crippen LogP contribution in [0.4, 0.5) is 11.4 Å². The van der Waals surface area contributed by atoms with Gasteiger partial charge in [0.1, 0.15) is 0 Å². The van der Waals surface area contributed by atoms with E-state index in [0.29, 0.717) is 12.1 Å². The Labute approximate surface area is 96.2 Å². The van der Waals surface area contributed by atoms with Crippen molar-refractivity contribution in [3.63, 3.8) is 0 Å². The molecular formula is C13H18N2O. The van der Waals surface area contributed by atoms with Crippen molar-refractivity contribution in [2.45, 2.75) is 31.8 Å². The second-order valence-electron chi connectivity index (χ2n) is 4.88. The lowest BCUT2D eigenvalue weighted by Gasteiger charge is -2.37. The van der Waals surface area contributed by atoms with Gasteiger partial charge in [0.15, 0.2) is 0 Å². The number of benzene rings is 1. The van der Waals surface area contributed by atoms with Gasteiger partial charge in [-0.15, -0.1) is 0 Å². The monoisotopic (exact) mass is 218 g/mol. The van der Waals surface area contributed by atoms with Gasteiger partial charge in [0, 0.05) is 11.4 Å². The van der Waals surface area contributed by atoms with E-state index >= 15 is 0 Å². The van der Waals surface area contributed by atoms with Crippen LogP contribution in [0.25, 0.3) is 0 Å². The molecule has 0 saturated carbocycles. The van der Waals surface area contributed by atoms with E-state index in [9.17, 15) is 0 Å². The molecule has 0 aromatic heterocycles. The maximum Gasteiger partial charge on any atom is 0.0671 e. The average Bonchev–Trinajstić information content (AvgIpc) is 2.50. The first kappa shape index (κ1) is 9.97. The number of hydrogen-bond donors (Lipinski definition) is 1. The van der Waals surface area contributed by atoms with Gasteiger partial charge in [-0.1, -0.05) is 0 Å². The fourth-order valence-corrected chi connectivity index (χ4v) is 2.99. The minimum absolute atomic E-state index is 0.570. The van der Waals surface area contributed by atoms with Crippen molar-refractivity contribution in [2.24, 2.45) is 0 Å². The Balaban J connectivity index is 1.97. The average molecular weight is 218 g/mol. The van der Waals surface area contributed by atoms with E-state index in [-0.39, 0.29) is 0 Å². The van der Waals surface area contributed by atoms with Gasteiger partial charge in [0.05, 0.1) is 25.3 Å². The second-order valence-corrected chi connectivity index (χ2v) is 4.88. The van der Waals surface area contributed by atoms with Crippen LogP contribution in [0, 0.1) is 6.92 Å². The number of nitrogens with two attached hydrogens (primary N) is 1. The van der Waals surface area contributed by atoms with Gasteiger partial charge in [-0.3, -0.25) is 0 Å². The summed E-state index contributed by atoms with van der Waals surface area (Å²) in [7, 11) is 0. The SMILES string of the molecule is Cc1cc(N)ccc1N1C2CCC1COC2. The second kappa shape index (κ2) is 3.67. The van der Waals surface area contributed by atoms with Gasteiger partial charge in [0.25, 0.3) is 0 Å². The minimum Gasteiger partial charge on any atom is -0.399 e. The van der Waals surface area contributed by atoms with Crippen LogP contribution in [0.15, 0.2) is 18.2 Å². The van der Waals surface area contributed by atoms with Crippen molar-refractivity contribution in [3.8, 4) is 0 Å². The first-order valence-electron chi connectivity index (χ1n) is 5.98. The topological polar surface area (TPSA) is 38.5 Å². The summed E-state index contributed by atoms with van der Waals surface area (Å²) in [5.41, 5.74) is 9.26. The Hall–Kier alpha value is -1.22. The highest BCUT2D eigenvalue weighted by Crippen LogP contribution is 2.36. The van der Waals surface area contributed by atoms with Crippen molar-refractivity contribution >= 4 is 11.4 Å². The molecule has 1 aromatic carbocycles. The molecule has 3 nitrogen and oxygen atoms in total. The Kier molecular flexibility index (Phi) is 2.28. The summed E-state index contributed by atoms with van der Waals surface area (Å²) in [5, 5.41) is 0. The maximum atomic E-state index is 5.80. The molecule has 1 aromatic rings. The molecule has 2 N–H and O–H groups in total. The summed E-state index contributed by atoms with van der Waals surface area (Å²) in [4.78, 5) is 2.54. The smallest absolute Gasteiger partial charge is 0.0671 e. The molecule has 2 aliphatic rings. The highest BCUT2D eigenvalue weighted by Gasteiger charge is 2.37. The number of anilines is 2. The molecule has 2 fully saturated rings. The Bertz CT molecular complexity index is 389. The normalized spacial score (nSPS) is 28.4. The number of rotatable bonds is 1. The Morgan fingerprint density at radius 2 is 1.94 bits per heavy atom. The van der Waals surface area contributed by atoms with E-state index in [1.165, 1.54) is 24.1 Å². The van der Waals surface area contributed by atoms with Crippen LogP contribution < -0.4 is 10.6 Å². The van der Waals surface area contributed by atoms with Crippen LogP contribution in [0.2, 0.25) is 0 Å². The van der Waals surface area contributed by atoms with E-state index in [0.717, 1.165) is 18.9 Å². The summed E-state index contributed by atoms with van der Waals surface area (Å²) >= 11 is 0. The molecule has 0 spiro atoms. The standard InChI is InChI=1S/C13H18N2O/c1-9-6-10(14)2-5-13(9)15-11-3-4-12(15)8-16-7-11/h2,5-6,11-12H,3-4,7-8,14H2,1H3. The zero-order valence-corrected chi connectivity index (χ0v) is 9.65. The zero-order valence-electron chi connectivity index (χ0n) is 9.65. The summed E-state index contributed by atoms with van der Waals surface area (Å²) < 4.78 is 5.61. The van der Waals surface area contributed by atoms with Crippen LogP contribution in [-0.4, -0.2) is 25.3 Å². The van der Waals surface area contributed by atoms with Crippen molar-refractivity contribution in [3.05, 3.63) is 23.8 Å². The fourth-order valence-electron chi connectivity index (χ4n) is 2.99. The molecule has 0 aliphatic carbocycles. The van der Waals surface area contributed by atoms with Crippen LogP contribution in [0.3, 0.4) is 0 Å². The molecule has 3 rings (SSSR count). The van der Waals surface area contributed by atoms with Crippen LogP contribution in [-0.2, 0) is 4.74 Å². The number of morpholine rings is 1. The van der Waals surface area contributed by atoms with Crippen molar-refractivity contribution < 1.29 is 4.74 Å². The fraction of sp³-hybridized carbons (Fsp3) is 0.538. The van der Waals surface area contributed by atoms with E-state index in [1.807, 2.05) is 6.07 Å². The van der Waals surface area contributed by atoms with Crippen LogP contribution in [0.1, 0.15) is 18.4 Å². The van der Waals surface area contributed by atoms with Gasteiger partial charge in [0.2, 0.25) is 0 Å². The van der Waals surface area contributed by atoms with Gasteiger partial charge in [-0.05, 0) is 43.5 Å². The van der Waals surface area contributed by atoms with Crippen molar-refractivity contribution in [2.75, 3.05) is 23.8 Å². The first-order chi connectivity index (χ1) is 7.75. The van der Waals surface area contributed by atoms with Gasteiger partial charge in [-0.25, -0.2) is 0 Å². The van der Waals surface area contributed by atoms with E-state index in [4.69, 9.17) is 10.5 Å². The minimum atomic E-state index is 0.570. The molecule has 0 amide bonds. The predicted molar refractivity (Wildman–Crippen MR) is 65.7 cm³/mol. The van der Waals surface area contributed by atoms with Gasteiger partial charge >= 0.3 is 0 Å². The summed E-state index contributed by atoms with van der Waals surface area (Å²) in [6.07, 6.45) is 2.52. The Morgan fingerprint density at radius 1 is 1.25 bits per heavy atom. The third-order valence-electron chi connectivity index (χ3n) is 3.74. The van der Waals surface area contributed by atoms with Crippen LogP contribution in [0.5, 0.6) is 0 Å². The Morgan fingerprint density at radius 3 is 2.56 bits per heavy atom. The predicted octanol–water partition coefficient (Wildman–Crippen LogP) is 1.94. The number of ether oxygens (including phenoxy) is 1. The number of aryl methyl sites for hydroxylation is 1. The molecule has 2 saturated heterocycles. The molecule has 2 heterocycles. The first-order valence-corrected chi connectivity index (χ1v) is 5.98. The molecule has 16 heavy (non-hydrogen) atoms. The summed E-state index contributed by atoms with van der Waals surface area (Å²) in [5.74, 6) is 0. The highest BCUT2D eigenvalue weighted by atomic mass is 16.5. The lowest BCUT2D eigenvalue weighted by atomic mass is 10.1. The molecular weight excluding hydrogens is 200 g/mol. The van der Waals surface area contributed by atoms with Gasteiger partial charge in [-0.2, -0.15) is 0 Å². The third-order valence-corrected chi connectivity index (χ3v) is 3.74. The van der Waals surface area contributed by atoms with Crippen molar-refractivity contribution in [1.29, 1.82) is 0 Å². The molecule has 2 bridgehead atoms. The summed E-state index contributed by atoms with van der Waals surface area (Å²) in [6, 6.07) is 7.35. The zero-order chi connectivity index (χ0) is 11.1. The van der Waals surface area contributed by atoms with E-state index in [2.05, 4.69) is 24.0 Å². The number of nitrogen functional groups attached to an aromatic ring is 1. The maximum absolute atomic E-state index is 5.80. The van der Waals surface area contributed by atoms with Gasteiger partial charge < -0.3 is 15.4 Å².